The summed E-state index contributed by atoms with van der Waals surface area (Å²) < 4.78 is 5.55. The highest BCUT2D eigenvalue weighted by atomic mass is 16.5. The van der Waals surface area contributed by atoms with Gasteiger partial charge in [0.2, 0.25) is 0 Å². The van der Waals surface area contributed by atoms with Crippen LogP contribution in [0.4, 0.5) is 0 Å². The van der Waals surface area contributed by atoms with E-state index in [1.165, 1.54) is 12.8 Å². The molecule has 0 aliphatic carbocycles. The van der Waals surface area contributed by atoms with Crippen molar-refractivity contribution in [3.63, 3.8) is 0 Å². The summed E-state index contributed by atoms with van der Waals surface area (Å²) in [5.74, 6) is 1.49. The number of fused-ring (bicyclic) bond motifs is 1. The number of hydrogen-bond donors (Lipinski definition) is 1. The fourth-order valence-corrected chi connectivity index (χ4v) is 3.22. The van der Waals surface area contributed by atoms with Gasteiger partial charge in [0.1, 0.15) is 5.75 Å². The molecule has 20 heavy (non-hydrogen) atoms. The lowest BCUT2D eigenvalue weighted by molar-refractivity contribution is -0.135. The minimum Gasteiger partial charge on any atom is -0.484 e. The topological polar surface area (TPSA) is 41.6 Å². The fraction of sp³-hybridized carbons (Fsp3) is 0.562. The molecule has 2 saturated heterocycles. The van der Waals surface area contributed by atoms with Crippen molar-refractivity contribution in [2.45, 2.75) is 25.3 Å². The summed E-state index contributed by atoms with van der Waals surface area (Å²) in [6.45, 7) is 3.01. The van der Waals surface area contributed by atoms with Crippen molar-refractivity contribution in [1.82, 2.24) is 10.2 Å². The van der Waals surface area contributed by atoms with Crippen LogP contribution in [0.2, 0.25) is 0 Å². The van der Waals surface area contributed by atoms with Gasteiger partial charge in [0, 0.05) is 19.1 Å². The number of carbonyl (C=O) groups is 1. The number of hydrogen-bond acceptors (Lipinski definition) is 3. The Hall–Kier alpha value is -1.55. The second-order valence-electron chi connectivity index (χ2n) is 5.69. The summed E-state index contributed by atoms with van der Waals surface area (Å²) in [4.78, 5) is 14.2. The molecule has 2 aliphatic heterocycles. The molecular formula is C16H22N2O2. The minimum atomic E-state index is 0.109. The van der Waals surface area contributed by atoms with E-state index in [0.717, 1.165) is 31.8 Å². The molecule has 0 spiro atoms. The zero-order valence-electron chi connectivity index (χ0n) is 11.8. The highest BCUT2D eigenvalue weighted by molar-refractivity contribution is 5.77. The van der Waals surface area contributed by atoms with Crippen molar-refractivity contribution in [2.24, 2.45) is 5.92 Å². The lowest BCUT2D eigenvalue weighted by Gasteiger charge is -2.41. The van der Waals surface area contributed by atoms with Crippen LogP contribution in [0.5, 0.6) is 5.75 Å². The Balaban J connectivity index is 1.50. The van der Waals surface area contributed by atoms with Crippen LogP contribution in [0, 0.1) is 5.92 Å². The standard InChI is InChI=1S/C16H22N2O2/c19-16(12-20-14-6-2-1-3-7-14)18-10-8-15-13(11-18)5-4-9-17-15/h1-3,6-7,13,15,17H,4-5,8-12H2/t13-,15+/m1/s1. The van der Waals surface area contributed by atoms with Gasteiger partial charge in [-0.3, -0.25) is 4.79 Å². The third-order valence-corrected chi connectivity index (χ3v) is 4.35. The normalized spacial score (nSPS) is 25.9. The summed E-state index contributed by atoms with van der Waals surface area (Å²) in [6, 6.07) is 10.1. The molecule has 4 heteroatoms. The van der Waals surface area contributed by atoms with Crippen molar-refractivity contribution in [3.05, 3.63) is 30.3 Å². The molecule has 0 saturated carbocycles. The fourth-order valence-electron chi connectivity index (χ4n) is 3.22. The number of benzene rings is 1. The summed E-state index contributed by atoms with van der Waals surface area (Å²) >= 11 is 0. The van der Waals surface area contributed by atoms with Gasteiger partial charge in [-0.1, -0.05) is 18.2 Å². The van der Waals surface area contributed by atoms with Crippen LogP contribution < -0.4 is 10.1 Å². The van der Waals surface area contributed by atoms with Gasteiger partial charge in [-0.05, 0) is 43.9 Å². The molecule has 2 aliphatic rings. The molecule has 1 aromatic carbocycles. The smallest absolute Gasteiger partial charge is 0.260 e. The zero-order chi connectivity index (χ0) is 13.8. The van der Waals surface area contributed by atoms with Gasteiger partial charge < -0.3 is 15.0 Å². The van der Waals surface area contributed by atoms with E-state index < -0.39 is 0 Å². The summed E-state index contributed by atoms with van der Waals surface area (Å²) in [5.41, 5.74) is 0. The minimum absolute atomic E-state index is 0.109. The van der Waals surface area contributed by atoms with E-state index >= 15 is 0 Å². The molecule has 108 valence electrons. The Bertz CT molecular complexity index is 449. The van der Waals surface area contributed by atoms with Gasteiger partial charge in [0.15, 0.2) is 6.61 Å². The van der Waals surface area contributed by atoms with E-state index in [1.54, 1.807) is 0 Å². The number of piperidine rings is 2. The van der Waals surface area contributed by atoms with Gasteiger partial charge in [0.25, 0.3) is 5.91 Å². The molecule has 0 radical (unpaired) electrons. The maximum atomic E-state index is 12.2. The van der Waals surface area contributed by atoms with E-state index in [-0.39, 0.29) is 12.5 Å². The van der Waals surface area contributed by atoms with Crippen molar-refractivity contribution in [1.29, 1.82) is 0 Å². The molecule has 1 amide bonds. The summed E-state index contributed by atoms with van der Waals surface area (Å²) in [5, 5.41) is 3.57. The van der Waals surface area contributed by atoms with E-state index in [4.69, 9.17) is 4.74 Å². The van der Waals surface area contributed by atoms with Crippen LogP contribution in [0.15, 0.2) is 30.3 Å². The first kappa shape index (κ1) is 13.4. The third kappa shape index (κ3) is 3.12. The average Bonchev–Trinajstić information content (AvgIpc) is 2.53. The molecule has 1 aromatic rings. The first-order chi connectivity index (χ1) is 9.83. The van der Waals surface area contributed by atoms with Gasteiger partial charge in [-0.15, -0.1) is 0 Å². The molecule has 0 bridgehead atoms. The Kier molecular flexibility index (Phi) is 4.21. The SMILES string of the molecule is O=C(COc1ccccc1)N1CC[C@@H]2NCCC[C@@H]2C1. The Morgan fingerprint density at radius 2 is 2.15 bits per heavy atom. The predicted molar refractivity (Wildman–Crippen MR) is 77.6 cm³/mol. The predicted octanol–water partition coefficient (Wildman–Crippen LogP) is 1.67. The molecule has 2 atom stereocenters. The Morgan fingerprint density at radius 3 is 3.00 bits per heavy atom. The van der Waals surface area contributed by atoms with E-state index in [0.29, 0.717) is 12.0 Å². The van der Waals surface area contributed by atoms with Crippen molar-refractivity contribution in [3.8, 4) is 5.75 Å². The maximum absolute atomic E-state index is 12.2. The molecule has 1 N–H and O–H groups in total. The van der Waals surface area contributed by atoms with E-state index in [9.17, 15) is 4.79 Å². The van der Waals surface area contributed by atoms with Crippen LogP contribution in [0.3, 0.4) is 0 Å². The first-order valence-electron chi connectivity index (χ1n) is 7.52. The Morgan fingerprint density at radius 1 is 1.30 bits per heavy atom. The van der Waals surface area contributed by atoms with Crippen molar-refractivity contribution in [2.75, 3.05) is 26.2 Å². The summed E-state index contributed by atoms with van der Waals surface area (Å²) in [7, 11) is 0. The second kappa shape index (κ2) is 6.27. The quantitative estimate of drug-likeness (QED) is 0.911. The molecule has 2 fully saturated rings. The zero-order valence-corrected chi connectivity index (χ0v) is 11.8. The van der Waals surface area contributed by atoms with Crippen LogP contribution >= 0.6 is 0 Å². The maximum Gasteiger partial charge on any atom is 0.260 e. The summed E-state index contributed by atoms with van der Waals surface area (Å²) in [6.07, 6.45) is 3.53. The molecule has 0 unspecified atom stereocenters. The van der Waals surface area contributed by atoms with Gasteiger partial charge in [-0.25, -0.2) is 0 Å². The first-order valence-corrected chi connectivity index (χ1v) is 7.52. The number of carbonyl (C=O) groups excluding carboxylic acids is 1. The number of ether oxygens (including phenoxy) is 1. The van der Waals surface area contributed by atoms with Crippen LogP contribution in [0.25, 0.3) is 0 Å². The molecule has 0 aromatic heterocycles. The number of amides is 1. The van der Waals surface area contributed by atoms with Gasteiger partial charge in [0.05, 0.1) is 0 Å². The molecular weight excluding hydrogens is 252 g/mol. The van der Waals surface area contributed by atoms with E-state index in [1.807, 2.05) is 35.2 Å². The van der Waals surface area contributed by atoms with Gasteiger partial charge in [-0.2, -0.15) is 0 Å². The number of para-hydroxylation sites is 1. The molecule has 2 heterocycles. The lowest BCUT2D eigenvalue weighted by atomic mass is 9.85. The van der Waals surface area contributed by atoms with Crippen LogP contribution in [0.1, 0.15) is 19.3 Å². The largest absolute Gasteiger partial charge is 0.484 e. The van der Waals surface area contributed by atoms with Crippen LogP contribution in [-0.4, -0.2) is 43.1 Å². The van der Waals surface area contributed by atoms with Gasteiger partial charge >= 0.3 is 0 Å². The van der Waals surface area contributed by atoms with E-state index in [2.05, 4.69) is 5.32 Å². The Labute approximate surface area is 120 Å². The number of rotatable bonds is 3. The lowest BCUT2D eigenvalue weighted by Crippen LogP contribution is -2.54. The highest BCUT2D eigenvalue weighted by Gasteiger charge is 2.32. The highest BCUT2D eigenvalue weighted by Crippen LogP contribution is 2.24. The second-order valence-corrected chi connectivity index (χ2v) is 5.69. The third-order valence-electron chi connectivity index (χ3n) is 4.35. The number of nitrogens with one attached hydrogen (secondary N) is 1. The number of nitrogens with zero attached hydrogens (tertiary/aromatic N) is 1. The van der Waals surface area contributed by atoms with Crippen molar-refractivity contribution >= 4 is 5.91 Å². The molecule has 3 rings (SSSR count). The van der Waals surface area contributed by atoms with Crippen molar-refractivity contribution < 1.29 is 9.53 Å². The number of likely N-dealkylation sites (tertiary alicyclic amines) is 1. The monoisotopic (exact) mass is 274 g/mol. The molecule has 4 nitrogen and oxygen atoms in total. The van der Waals surface area contributed by atoms with Crippen LogP contribution in [-0.2, 0) is 4.79 Å². The average molecular weight is 274 g/mol.